The van der Waals surface area contributed by atoms with Crippen molar-refractivity contribution in [3.63, 3.8) is 0 Å². The second-order valence-corrected chi connectivity index (χ2v) is 2.81. The number of aryl methyl sites for hydroxylation is 1. The molecule has 0 amide bonds. The van der Waals surface area contributed by atoms with E-state index in [0.29, 0.717) is 17.4 Å². The average molecular weight is 183 g/mol. The first-order valence-corrected chi connectivity index (χ1v) is 3.78. The van der Waals surface area contributed by atoms with E-state index in [4.69, 9.17) is 11.6 Å². The summed E-state index contributed by atoms with van der Waals surface area (Å²) in [7, 11) is 0. The van der Waals surface area contributed by atoms with Crippen molar-refractivity contribution in [2.45, 2.75) is 6.92 Å². The Kier molecular flexibility index (Phi) is 2.61. The van der Waals surface area contributed by atoms with Crippen molar-refractivity contribution in [1.82, 2.24) is 0 Å². The molecule has 1 rings (SSSR count). The third kappa shape index (κ3) is 1.71. The summed E-state index contributed by atoms with van der Waals surface area (Å²) in [5, 5.41) is -0.543. The van der Waals surface area contributed by atoms with Crippen LogP contribution in [0.25, 0.3) is 0 Å². The van der Waals surface area contributed by atoms with Crippen molar-refractivity contribution in [2.75, 3.05) is 0 Å². The van der Waals surface area contributed by atoms with Crippen LogP contribution in [0.1, 0.15) is 26.3 Å². The Morgan fingerprint density at radius 1 is 1.50 bits per heavy atom. The number of hydrogen-bond acceptors (Lipinski definition) is 2. The molecule has 3 heteroatoms. The molecule has 0 aliphatic carbocycles. The van der Waals surface area contributed by atoms with Crippen LogP contribution < -0.4 is 0 Å². The van der Waals surface area contributed by atoms with Gasteiger partial charge >= 0.3 is 0 Å². The molecule has 0 aromatic heterocycles. The summed E-state index contributed by atoms with van der Waals surface area (Å²) in [6, 6.07) is 4.77. The van der Waals surface area contributed by atoms with Crippen LogP contribution in [0.2, 0.25) is 0 Å². The smallest absolute Gasteiger partial charge is 0.252 e. The maximum Gasteiger partial charge on any atom is 0.252 e. The molecule has 0 heterocycles. The number of hydrogen-bond donors (Lipinski definition) is 0. The highest BCUT2D eigenvalue weighted by molar-refractivity contribution is 6.67. The zero-order chi connectivity index (χ0) is 9.14. The summed E-state index contributed by atoms with van der Waals surface area (Å²) in [5.41, 5.74) is 1.69. The fraction of sp³-hybridized carbons (Fsp3) is 0.111. The monoisotopic (exact) mass is 182 g/mol. The van der Waals surface area contributed by atoms with Gasteiger partial charge in [0.25, 0.3) is 5.24 Å². The van der Waals surface area contributed by atoms with Crippen LogP contribution in [-0.4, -0.2) is 11.5 Å². The first-order chi connectivity index (χ1) is 5.65. The van der Waals surface area contributed by atoms with Gasteiger partial charge in [0.2, 0.25) is 0 Å². The lowest BCUT2D eigenvalue weighted by Crippen LogP contribution is -1.93. The molecule has 1 aromatic carbocycles. The van der Waals surface area contributed by atoms with Crippen LogP contribution >= 0.6 is 11.6 Å². The fourth-order valence-electron chi connectivity index (χ4n) is 0.890. The summed E-state index contributed by atoms with van der Waals surface area (Å²) >= 11 is 5.23. The standard InChI is InChI=1S/C9H7ClO2/c1-6-2-3-7(9(10)12)4-8(6)5-11/h2-5H,1H3. The first-order valence-electron chi connectivity index (χ1n) is 3.41. The number of benzene rings is 1. The van der Waals surface area contributed by atoms with Gasteiger partial charge in [-0.05, 0) is 36.2 Å². The Hall–Kier alpha value is -1.15. The van der Waals surface area contributed by atoms with Gasteiger partial charge in [0.15, 0.2) is 0 Å². The first kappa shape index (κ1) is 8.94. The molecule has 0 radical (unpaired) electrons. The maximum atomic E-state index is 10.7. The molecular weight excluding hydrogens is 176 g/mol. The van der Waals surface area contributed by atoms with Crippen molar-refractivity contribution in [1.29, 1.82) is 0 Å². The van der Waals surface area contributed by atoms with Crippen molar-refractivity contribution in [2.24, 2.45) is 0 Å². The van der Waals surface area contributed by atoms with Crippen LogP contribution in [0.4, 0.5) is 0 Å². The van der Waals surface area contributed by atoms with E-state index < -0.39 is 5.24 Å². The molecule has 62 valence electrons. The molecule has 2 nitrogen and oxygen atoms in total. The minimum Gasteiger partial charge on any atom is -0.298 e. The van der Waals surface area contributed by atoms with Crippen molar-refractivity contribution in [3.05, 3.63) is 34.9 Å². The van der Waals surface area contributed by atoms with E-state index in [1.54, 1.807) is 19.1 Å². The lowest BCUT2D eigenvalue weighted by molar-refractivity contribution is 0.108. The maximum absolute atomic E-state index is 10.7. The van der Waals surface area contributed by atoms with E-state index >= 15 is 0 Å². The molecule has 1 aromatic rings. The highest BCUT2D eigenvalue weighted by Gasteiger charge is 2.03. The highest BCUT2D eigenvalue weighted by atomic mass is 35.5. The Morgan fingerprint density at radius 2 is 2.17 bits per heavy atom. The molecule has 0 aliphatic rings. The number of aldehydes is 1. The van der Waals surface area contributed by atoms with Gasteiger partial charge in [-0.25, -0.2) is 0 Å². The van der Waals surface area contributed by atoms with Crippen LogP contribution in [0.5, 0.6) is 0 Å². The minimum atomic E-state index is -0.543. The predicted molar refractivity (Wildman–Crippen MR) is 46.8 cm³/mol. The minimum absolute atomic E-state index is 0.351. The summed E-state index contributed by atoms with van der Waals surface area (Å²) in [4.78, 5) is 21.1. The topological polar surface area (TPSA) is 34.1 Å². The van der Waals surface area contributed by atoms with Crippen LogP contribution in [0.15, 0.2) is 18.2 Å². The second kappa shape index (κ2) is 3.50. The Balaban J connectivity index is 3.22. The van der Waals surface area contributed by atoms with Crippen LogP contribution in [0.3, 0.4) is 0 Å². The molecule has 0 aliphatic heterocycles. The zero-order valence-electron chi connectivity index (χ0n) is 6.50. The van der Waals surface area contributed by atoms with Gasteiger partial charge in [-0.3, -0.25) is 9.59 Å². The highest BCUT2D eigenvalue weighted by Crippen LogP contribution is 2.10. The van der Waals surface area contributed by atoms with Gasteiger partial charge in [-0.2, -0.15) is 0 Å². The zero-order valence-corrected chi connectivity index (χ0v) is 7.26. The Labute approximate surface area is 75.2 Å². The van der Waals surface area contributed by atoms with E-state index in [9.17, 15) is 9.59 Å². The molecule has 0 N–H and O–H groups in total. The molecule has 0 unspecified atom stereocenters. The summed E-state index contributed by atoms with van der Waals surface area (Å²) in [6.07, 6.45) is 0.707. The van der Waals surface area contributed by atoms with Gasteiger partial charge in [0.1, 0.15) is 6.29 Å². The van der Waals surface area contributed by atoms with Crippen LogP contribution in [-0.2, 0) is 0 Å². The van der Waals surface area contributed by atoms with Gasteiger partial charge in [-0.1, -0.05) is 6.07 Å². The van der Waals surface area contributed by atoms with E-state index in [1.807, 2.05) is 0 Å². The summed E-state index contributed by atoms with van der Waals surface area (Å²) < 4.78 is 0. The molecule has 0 bridgehead atoms. The number of rotatable bonds is 2. The van der Waals surface area contributed by atoms with Gasteiger partial charge in [0.05, 0.1) is 0 Å². The molecule has 12 heavy (non-hydrogen) atoms. The second-order valence-electron chi connectivity index (χ2n) is 2.46. The molecule has 0 atom stereocenters. The number of carbonyl (C=O) groups is 2. The number of halogens is 1. The third-order valence-corrected chi connectivity index (χ3v) is 1.85. The molecule has 0 fully saturated rings. The van der Waals surface area contributed by atoms with Crippen LogP contribution in [0, 0.1) is 6.92 Å². The van der Waals surface area contributed by atoms with Gasteiger partial charge < -0.3 is 0 Å². The SMILES string of the molecule is Cc1ccc(C(=O)Cl)cc1C=O. The van der Waals surface area contributed by atoms with E-state index in [0.717, 1.165) is 5.56 Å². The number of carbonyl (C=O) groups excluding carboxylic acids is 2. The molecule has 0 saturated carbocycles. The summed E-state index contributed by atoms with van der Waals surface area (Å²) in [6.45, 7) is 1.80. The van der Waals surface area contributed by atoms with E-state index in [1.165, 1.54) is 6.07 Å². The van der Waals surface area contributed by atoms with Gasteiger partial charge in [-0.15, -0.1) is 0 Å². The quantitative estimate of drug-likeness (QED) is 0.519. The molecule has 0 saturated heterocycles. The van der Waals surface area contributed by atoms with Crippen molar-refractivity contribution in [3.8, 4) is 0 Å². The fourth-order valence-corrected chi connectivity index (χ4v) is 1.01. The molecular formula is C9H7ClO2. The van der Waals surface area contributed by atoms with Crippen molar-refractivity contribution < 1.29 is 9.59 Å². The normalized spacial score (nSPS) is 9.50. The predicted octanol–water partition coefficient (Wildman–Crippen LogP) is 2.19. The Morgan fingerprint density at radius 3 is 2.67 bits per heavy atom. The third-order valence-electron chi connectivity index (χ3n) is 1.63. The lowest BCUT2D eigenvalue weighted by atomic mass is 10.1. The summed E-state index contributed by atoms with van der Waals surface area (Å²) in [5.74, 6) is 0. The van der Waals surface area contributed by atoms with Gasteiger partial charge in [0, 0.05) is 11.1 Å². The van der Waals surface area contributed by atoms with E-state index in [2.05, 4.69) is 0 Å². The lowest BCUT2D eigenvalue weighted by Gasteiger charge is -1.98. The molecule has 0 spiro atoms. The largest absolute Gasteiger partial charge is 0.298 e. The average Bonchev–Trinajstić information content (AvgIpc) is 2.05. The van der Waals surface area contributed by atoms with E-state index in [-0.39, 0.29) is 0 Å². The Bertz CT molecular complexity index is 331. The van der Waals surface area contributed by atoms with Crippen molar-refractivity contribution >= 4 is 23.1 Å².